The van der Waals surface area contributed by atoms with Crippen LogP contribution in [-0.4, -0.2) is 37.7 Å². The van der Waals surface area contributed by atoms with E-state index in [1.54, 1.807) is 36.4 Å². The summed E-state index contributed by atoms with van der Waals surface area (Å²) < 4.78 is 9.94. The molecule has 0 aliphatic heterocycles. The molecule has 0 heterocycles. The van der Waals surface area contributed by atoms with Gasteiger partial charge in [-0.1, -0.05) is 69.3 Å². The fourth-order valence-electron chi connectivity index (χ4n) is 5.14. The molecule has 1 fully saturated rings. The molecule has 2 aliphatic rings. The molecule has 0 radical (unpaired) electrons. The number of benzene rings is 2. The number of ether oxygens (including phenoxy) is 2. The zero-order valence-corrected chi connectivity index (χ0v) is 18.1. The van der Waals surface area contributed by atoms with E-state index in [1.165, 1.54) is 0 Å². The molecule has 6 heteroatoms. The predicted molar refractivity (Wildman–Crippen MR) is 112 cm³/mol. The third kappa shape index (κ3) is 2.39. The zero-order chi connectivity index (χ0) is 22.8. The maximum absolute atomic E-state index is 13.6. The first-order chi connectivity index (χ1) is 14.6. The standard InChI is InChI=1S/C25H24O6/c1-23(2,3)15-12-10-14(11-13-15)18-24(25(18,21(28)30-4)22(29)31-5)19(26)16-8-6-7-9-17(16)20(24)27/h6-13,18H,1-5H3/t18-/m0/s1. The molecule has 31 heavy (non-hydrogen) atoms. The van der Waals surface area contributed by atoms with Crippen LogP contribution in [0.1, 0.15) is 58.5 Å². The molecule has 6 nitrogen and oxygen atoms in total. The molecule has 0 N–H and O–H groups in total. The molecular weight excluding hydrogens is 396 g/mol. The molecule has 1 spiro atoms. The Balaban J connectivity index is 1.97. The quantitative estimate of drug-likeness (QED) is 0.558. The molecule has 0 bridgehead atoms. The van der Waals surface area contributed by atoms with Gasteiger partial charge in [0.1, 0.15) is 5.41 Å². The van der Waals surface area contributed by atoms with Crippen molar-refractivity contribution in [1.29, 1.82) is 0 Å². The summed E-state index contributed by atoms with van der Waals surface area (Å²) >= 11 is 0. The third-order valence-electron chi connectivity index (χ3n) is 6.66. The van der Waals surface area contributed by atoms with Gasteiger partial charge in [-0.05, 0) is 16.5 Å². The highest BCUT2D eigenvalue weighted by molar-refractivity contribution is 6.39. The summed E-state index contributed by atoms with van der Waals surface area (Å²) in [5, 5.41) is 0. The topological polar surface area (TPSA) is 86.7 Å². The highest BCUT2D eigenvalue weighted by Gasteiger charge is 2.94. The van der Waals surface area contributed by atoms with Crippen molar-refractivity contribution in [2.45, 2.75) is 32.1 Å². The monoisotopic (exact) mass is 420 g/mol. The fourth-order valence-corrected chi connectivity index (χ4v) is 5.14. The van der Waals surface area contributed by atoms with Crippen LogP contribution in [0.5, 0.6) is 0 Å². The van der Waals surface area contributed by atoms with Crippen molar-refractivity contribution in [2.24, 2.45) is 10.8 Å². The van der Waals surface area contributed by atoms with E-state index in [0.717, 1.165) is 19.8 Å². The van der Waals surface area contributed by atoms with Gasteiger partial charge in [-0.3, -0.25) is 19.2 Å². The Morgan fingerprint density at radius 3 is 1.65 bits per heavy atom. The number of carbonyl (C=O) groups excluding carboxylic acids is 4. The number of hydrogen-bond donors (Lipinski definition) is 0. The highest BCUT2D eigenvalue weighted by atomic mass is 16.5. The Morgan fingerprint density at radius 2 is 1.26 bits per heavy atom. The summed E-state index contributed by atoms with van der Waals surface area (Å²) in [6.07, 6.45) is 0. The second-order valence-electron chi connectivity index (χ2n) is 9.11. The second-order valence-corrected chi connectivity index (χ2v) is 9.11. The fraction of sp³-hybridized carbons (Fsp3) is 0.360. The minimum atomic E-state index is -2.06. The van der Waals surface area contributed by atoms with Crippen LogP contribution in [0.2, 0.25) is 0 Å². The first-order valence-corrected chi connectivity index (χ1v) is 10.1. The van der Waals surface area contributed by atoms with Gasteiger partial charge in [0, 0.05) is 17.0 Å². The Labute approximate surface area is 180 Å². The Bertz CT molecular complexity index is 1070. The lowest BCUT2D eigenvalue weighted by Gasteiger charge is -2.19. The van der Waals surface area contributed by atoms with Crippen molar-refractivity contribution in [3.8, 4) is 0 Å². The van der Waals surface area contributed by atoms with Crippen molar-refractivity contribution < 1.29 is 28.7 Å². The summed E-state index contributed by atoms with van der Waals surface area (Å²) in [6, 6.07) is 13.7. The van der Waals surface area contributed by atoms with Crippen LogP contribution in [0.4, 0.5) is 0 Å². The van der Waals surface area contributed by atoms with Crippen molar-refractivity contribution in [2.75, 3.05) is 14.2 Å². The molecule has 0 aromatic heterocycles. The Morgan fingerprint density at radius 1 is 0.806 bits per heavy atom. The minimum absolute atomic E-state index is 0.114. The van der Waals surface area contributed by atoms with Gasteiger partial charge in [0.2, 0.25) is 0 Å². The predicted octanol–water partition coefficient (Wildman–Crippen LogP) is 3.48. The normalized spacial score (nSPS) is 20.4. The summed E-state index contributed by atoms with van der Waals surface area (Å²) in [7, 11) is 2.27. The van der Waals surface area contributed by atoms with E-state index < -0.39 is 40.3 Å². The van der Waals surface area contributed by atoms with Crippen molar-refractivity contribution >= 4 is 23.5 Å². The van der Waals surface area contributed by atoms with E-state index >= 15 is 0 Å². The first-order valence-electron chi connectivity index (χ1n) is 10.1. The second kappa shape index (κ2) is 6.61. The zero-order valence-electron chi connectivity index (χ0n) is 18.1. The van der Waals surface area contributed by atoms with Gasteiger partial charge >= 0.3 is 11.9 Å². The van der Waals surface area contributed by atoms with Crippen molar-refractivity contribution in [1.82, 2.24) is 0 Å². The van der Waals surface area contributed by atoms with E-state index in [1.807, 2.05) is 12.1 Å². The van der Waals surface area contributed by atoms with Gasteiger partial charge in [-0.15, -0.1) is 0 Å². The van der Waals surface area contributed by atoms with Crippen LogP contribution < -0.4 is 0 Å². The molecule has 1 saturated carbocycles. The van der Waals surface area contributed by atoms with Gasteiger partial charge in [-0.25, -0.2) is 0 Å². The number of rotatable bonds is 3. The van der Waals surface area contributed by atoms with Crippen LogP contribution >= 0.6 is 0 Å². The maximum Gasteiger partial charge on any atom is 0.325 e. The number of carbonyl (C=O) groups is 4. The molecule has 1 atom stereocenters. The molecule has 2 aromatic carbocycles. The first kappa shape index (κ1) is 21.0. The number of fused-ring (bicyclic) bond motifs is 1. The lowest BCUT2D eigenvalue weighted by Crippen LogP contribution is -2.39. The average Bonchev–Trinajstić information content (AvgIpc) is 3.36. The average molecular weight is 420 g/mol. The van der Waals surface area contributed by atoms with Crippen LogP contribution in [0.3, 0.4) is 0 Å². The van der Waals surface area contributed by atoms with E-state index in [4.69, 9.17) is 9.47 Å². The number of ketones is 2. The van der Waals surface area contributed by atoms with Crippen LogP contribution in [-0.2, 0) is 24.5 Å². The minimum Gasteiger partial charge on any atom is -0.468 e. The van der Waals surface area contributed by atoms with E-state index in [-0.39, 0.29) is 16.5 Å². The van der Waals surface area contributed by atoms with Gasteiger partial charge in [-0.2, -0.15) is 0 Å². The maximum atomic E-state index is 13.6. The van der Waals surface area contributed by atoms with Gasteiger partial charge < -0.3 is 9.47 Å². The summed E-state index contributed by atoms with van der Waals surface area (Å²) in [5.41, 5.74) is -2.08. The molecule has 0 saturated heterocycles. The van der Waals surface area contributed by atoms with Crippen LogP contribution in [0.15, 0.2) is 48.5 Å². The third-order valence-corrected chi connectivity index (χ3v) is 6.66. The van der Waals surface area contributed by atoms with Gasteiger partial charge in [0.05, 0.1) is 14.2 Å². The molecule has 2 aliphatic carbocycles. The molecular formula is C25H24O6. The van der Waals surface area contributed by atoms with E-state index in [0.29, 0.717) is 5.56 Å². The number of Topliss-reactive ketones (excluding diaryl/α,β-unsaturated/α-hetero) is 2. The summed E-state index contributed by atoms with van der Waals surface area (Å²) in [5.74, 6) is -4.00. The number of methoxy groups -OCH3 is 2. The van der Waals surface area contributed by atoms with Gasteiger partial charge in [0.15, 0.2) is 17.0 Å². The van der Waals surface area contributed by atoms with Crippen LogP contribution in [0.25, 0.3) is 0 Å². The highest BCUT2D eigenvalue weighted by Crippen LogP contribution is 2.79. The largest absolute Gasteiger partial charge is 0.468 e. The van der Waals surface area contributed by atoms with Crippen molar-refractivity contribution in [3.63, 3.8) is 0 Å². The Kier molecular flexibility index (Phi) is 4.47. The molecule has 0 amide bonds. The molecule has 4 rings (SSSR count). The summed E-state index contributed by atoms with van der Waals surface area (Å²) in [6.45, 7) is 6.19. The SMILES string of the molecule is COC(=O)C1(C(=O)OC)[C@@H](c2ccc(C(C)(C)C)cc2)C12C(=O)c1ccccc1C2=O. The van der Waals surface area contributed by atoms with Crippen molar-refractivity contribution in [3.05, 3.63) is 70.8 Å². The van der Waals surface area contributed by atoms with E-state index in [9.17, 15) is 19.2 Å². The van der Waals surface area contributed by atoms with E-state index in [2.05, 4.69) is 20.8 Å². The Hall–Kier alpha value is -3.28. The molecule has 2 aromatic rings. The number of hydrogen-bond acceptors (Lipinski definition) is 6. The smallest absolute Gasteiger partial charge is 0.325 e. The lowest BCUT2D eigenvalue weighted by atomic mass is 9.85. The van der Waals surface area contributed by atoms with Crippen LogP contribution in [0, 0.1) is 10.8 Å². The molecule has 0 unspecified atom stereocenters. The van der Waals surface area contributed by atoms with Gasteiger partial charge in [0.25, 0.3) is 0 Å². The number of esters is 2. The molecule has 160 valence electrons. The lowest BCUT2D eigenvalue weighted by molar-refractivity contribution is -0.162. The summed E-state index contributed by atoms with van der Waals surface area (Å²) in [4.78, 5) is 53.4.